The molecule has 1 aromatic heterocycles. The summed E-state index contributed by atoms with van der Waals surface area (Å²) in [4.78, 5) is 24.7. The Morgan fingerprint density at radius 2 is 1.75 bits per heavy atom. The summed E-state index contributed by atoms with van der Waals surface area (Å²) >= 11 is 0. The summed E-state index contributed by atoms with van der Waals surface area (Å²) in [7, 11) is 0. The average molecular weight is 438 g/mol. The molecular formula is C26H31NO5. The van der Waals surface area contributed by atoms with Crippen LogP contribution in [0.1, 0.15) is 46.1 Å². The second-order valence-corrected chi connectivity index (χ2v) is 8.98. The molecule has 2 aromatic carbocycles. The molecule has 0 aliphatic carbocycles. The molecule has 0 radical (unpaired) electrons. The van der Waals surface area contributed by atoms with Crippen molar-refractivity contribution in [2.24, 2.45) is 5.41 Å². The number of carbonyl (C=O) groups excluding carboxylic acids is 1. The van der Waals surface area contributed by atoms with Gasteiger partial charge in [-0.25, -0.2) is 0 Å². The lowest BCUT2D eigenvalue weighted by atomic mass is 9.96. The molecule has 6 heteroatoms. The number of aromatic nitrogens is 1. The molecular weight excluding hydrogens is 406 g/mol. The van der Waals surface area contributed by atoms with E-state index in [0.29, 0.717) is 48.5 Å². The summed E-state index contributed by atoms with van der Waals surface area (Å²) in [6.45, 7) is 9.69. The van der Waals surface area contributed by atoms with Gasteiger partial charge in [0.25, 0.3) is 12.0 Å². The molecule has 170 valence electrons. The molecule has 32 heavy (non-hydrogen) atoms. The number of fused-ring (bicyclic) bond motifs is 1. The van der Waals surface area contributed by atoms with Crippen LogP contribution in [-0.4, -0.2) is 17.6 Å². The smallest absolute Gasteiger partial charge is 0.299 e. The third-order valence-corrected chi connectivity index (χ3v) is 4.94. The van der Waals surface area contributed by atoms with E-state index in [0.717, 1.165) is 18.4 Å². The van der Waals surface area contributed by atoms with Crippen molar-refractivity contribution in [2.45, 2.75) is 53.7 Å². The van der Waals surface area contributed by atoms with Crippen molar-refractivity contribution in [3.63, 3.8) is 0 Å². The lowest BCUT2D eigenvalue weighted by molar-refractivity contribution is -0.121. The fourth-order valence-electron chi connectivity index (χ4n) is 3.44. The molecule has 0 unspecified atom stereocenters. The third-order valence-electron chi connectivity index (χ3n) is 4.94. The largest absolute Gasteiger partial charge is 0.489 e. The summed E-state index contributed by atoms with van der Waals surface area (Å²) < 4.78 is 18.8. The minimum Gasteiger partial charge on any atom is -0.489 e. The van der Waals surface area contributed by atoms with E-state index < -0.39 is 0 Å². The van der Waals surface area contributed by atoms with Crippen molar-refractivity contribution in [3.8, 4) is 17.4 Å². The predicted molar refractivity (Wildman–Crippen MR) is 126 cm³/mol. The van der Waals surface area contributed by atoms with Gasteiger partial charge in [0.1, 0.15) is 12.4 Å². The minimum absolute atomic E-state index is 0.128. The Balaban J connectivity index is 2.11. The zero-order valence-electron chi connectivity index (χ0n) is 19.2. The lowest BCUT2D eigenvalue weighted by Gasteiger charge is -2.24. The molecule has 0 N–H and O–H groups in total. The van der Waals surface area contributed by atoms with E-state index in [1.807, 2.05) is 51.1 Å². The van der Waals surface area contributed by atoms with Gasteiger partial charge < -0.3 is 14.2 Å². The Morgan fingerprint density at radius 3 is 2.41 bits per heavy atom. The van der Waals surface area contributed by atoms with E-state index in [1.54, 1.807) is 18.2 Å². The van der Waals surface area contributed by atoms with Gasteiger partial charge in [-0.05, 0) is 35.6 Å². The van der Waals surface area contributed by atoms with Crippen LogP contribution in [0.2, 0.25) is 0 Å². The van der Waals surface area contributed by atoms with Crippen molar-refractivity contribution in [1.82, 2.24) is 4.57 Å². The third kappa shape index (κ3) is 5.69. The zero-order valence-corrected chi connectivity index (χ0v) is 19.2. The maximum absolute atomic E-state index is 13.3. The van der Waals surface area contributed by atoms with Gasteiger partial charge in [0.2, 0.25) is 5.88 Å². The number of hydrogen-bond donors (Lipinski definition) is 0. The topological polar surface area (TPSA) is 66.8 Å². The average Bonchev–Trinajstić information content (AvgIpc) is 2.77. The molecule has 1 heterocycles. The van der Waals surface area contributed by atoms with Crippen molar-refractivity contribution in [2.75, 3.05) is 6.61 Å². The van der Waals surface area contributed by atoms with Gasteiger partial charge in [0.15, 0.2) is 5.75 Å². The monoisotopic (exact) mass is 437 g/mol. The standard InChI is InChI=1S/C26H31NO5/c1-5-6-14-30-23-22-15-20(31-16-19-10-8-7-9-11-19)12-13-21(22)24(29)27(17-26(2,3)4)25(23)32-18-28/h7-13,15,18H,5-6,14,16-17H2,1-4H3. The zero-order chi connectivity index (χ0) is 23.1. The Morgan fingerprint density at radius 1 is 1.00 bits per heavy atom. The Kier molecular flexibility index (Phi) is 7.57. The SMILES string of the molecule is CCCCOc1c(OC=O)n(CC(C)(C)C)c(=O)c2ccc(OCc3ccccc3)cc12. The van der Waals surface area contributed by atoms with Crippen LogP contribution in [0.15, 0.2) is 53.3 Å². The predicted octanol–water partition coefficient (Wildman–Crippen LogP) is 5.34. The number of benzene rings is 2. The maximum atomic E-state index is 13.3. The first-order valence-corrected chi connectivity index (χ1v) is 10.9. The highest BCUT2D eigenvalue weighted by Gasteiger charge is 2.24. The van der Waals surface area contributed by atoms with Gasteiger partial charge in [0.05, 0.1) is 12.0 Å². The van der Waals surface area contributed by atoms with Crippen LogP contribution < -0.4 is 19.8 Å². The van der Waals surface area contributed by atoms with Crippen LogP contribution in [0.4, 0.5) is 0 Å². The van der Waals surface area contributed by atoms with E-state index in [2.05, 4.69) is 6.92 Å². The van der Waals surface area contributed by atoms with Crippen LogP contribution in [0.5, 0.6) is 17.4 Å². The van der Waals surface area contributed by atoms with Crippen LogP contribution >= 0.6 is 0 Å². The maximum Gasteiger partial charge on any atom is 0.299 e. The van der Waals surface area contributed by atoms with E-state index >= 15 is 0 Å². The molecule has 3 rings (SSSR count). The Hall–Kier alpha value is -3.28. The molecule has 0 aliphatic rings. The highest BCUT2D eigenvalue weighted by atomic mass is 16.6. The number of hydrogen-bond acceptors (Lipinski definition) is 5. The number of unbranched alkanes of at least 4 members (excludes halogenated alkanes) is 1. The Labute approximate surface area is 188 Å². The van der Waals surface area contributed by atoms with E-state index in [4.69, 9.17) is 14.2 Å². The first-order valence-electron chi connectivity index (χ1n) is 10.9. The molecule has 0 saturated heterocycles. The summed E-state index contributed by atoms with van der Waals surface area (Å²) in [6, 6.07) is 15.2. The molecule has 0 saturated carbocycles. The minimum atomic E-state index is -0.232. The lowest BCUT2D eigenvalue weighted by Crippen LogP contribution is -2.29. The molecule has 0 bridgehead atoms. The van der Waals surface area contributed by atoms with Gasteiger partial charge in [-0.3, -0.25) is 14.2 Å². The van der Waals surface area contributed by atoms with E-state index in [1.165, 1.54) is 4.57 Å². The number of nitrogens with zero attached hydrogens (tertiary/aromatic N) is 1. The summed E-state index contributed by atoms with van der Waals surface area (Å²) in [5.74, 6) is 1.12. The summed E-state index contributed by atoms with van der Waals surface area (Å²) in [5.41, 5.74) is 0.597. The van der Waals surface area contributed by atoms with Crippen molar-refractivity contribution >= 4 is 17.2 Å². The number of pyridine rings is 1. The highest BCUT2D eigenvalue weighted by molar-refractivity contribution is 5.91. The van der Waals surface area contributed by atoms with Gasteiger partial charge in [-0.15, -0.1) is 0 Å². The number of rotatable bonds is 10. The van der Waals surface area contributed by atoms with Crippen molar-refractivity contribution < 1.29 is 19.0 Å². The first-order chi connectivity index (χ1) is 15.3. The van der Waals surface area contributed by atoms with Crippen molar-refractivity contribution in [3.05, 3.63) is 64.4 Å². The van der Waals surface area contributed by atoms with E-state index in [9.17, 15) is 9.59 Å². The second kappa shape index (κ2) is 10.4. The number of carbonyl (C=O) groups is 1. The first kappa shape index (κ1) is 23.4. The molecule has 0 amide bonds. The summed E-state index contributed by atoms with van der Waals surface area (Å²) in [5, 5.41) is 1.06. The van der Waals surface area contributed by atoms with Crippen LogP contribution in [-0.2, 0) is 17.9 Å². The normalized spacial score (nSPS) is 11.4. The number of ether oxygens (including phenoxy) is 3. The van der Waals surface area contributed by atoms with Crippen LogP contribution in [0.3, 0.4) is 0 Å². The van der Waals surface area contributed by atoms with Gasteiger partial charge in [-0.2, -0.15) is 0 Å². The Bertz CT molecular complexity index is 1110. The molecule has 6 nitrogen and oxygen atoms in total. The summed E-state index contributed by atoms with van der Waals surface area (Å²) in [6.07, 6.45) is 1.79. The highest BCUT2D eigenvalue weighted by Crippen LogP contribution is 2.37. The molecule has 0 spiro atoms. The molecule has 3 aromatic rings. The van der Waals surface area contributed by atoms with Crippen LogP contribution in [0, 0.1) is 5.41 Å². The fraction of sp³-hybridized carbons (Fsp3) is 0.385. The van der Waals surface area contributed by atoms with Crippen LogP contribution in [0.25, 0.3) is 10.8 Å². The fourth-order valence-corrected chi connectivity index (χ4v) is 3.44. The van der Waals surface area contributed by atoms with Crippen molar-refractivity contribution in [1.29, 1.82) is 0 Å². The molecule has 0 aliphatic heterocycles. The van der Waals surface area contributed by atoms with Gasteiger partial charge in [0, 0.05) is 11.9 Å². The molecule has 0 atom stereocenters. The van der Waals surface area contributed by atoms with E-state index in [-0.39, 0.29) is 16.9 Å². The second-order valence-electron chi connectivity index (χ2n) is 8.98. The van der Waals surface area contributed by atoms with Gasteiger partial charge in [-0.1, -0.05) is 64.4 Å². The quantitative estimate of drug-likeness (QED) is 0.316. The van der Waals surface area contributed by atoms with Gasteiger partial charge >= 0.3 is 0 Å². The molecule has 0 fully saturated rings.